The molecule has 0 N–H and O–H groups in total. The molecule has 0 atom stereocenters. The minimum Gasteiger partial charge on any atom is -0.427 e. The van der Waals surface area contributed by atoms with Crippen LogP contribution in [0.4, 0.5) is 0 Å². The van der Waals surface area contributed by atoms with Gasteiger partial charge in [-0.3, -0.25) is 0 Å². The Balaban J connectivity index is 3.23. The Hall–Kier alpha value is -1.05. The molecule has 0 aliphatic rings. The van der Waals surface area contributed by atoms with E-state index in [-0.39, 0.29) is 11.5 Å². The summed E-state index contributed by atoms with van der Waals surface area (Å²) in [5.41, 5.74) is 0.777. The molecule has 11 heavy (non-hydrogen) atoms. The fourth-order valence-corrected chi connectivity index (χ4v) is 1.07. The standard InChI is InChI=1S/C9H12O2/c1-6(2)9-7(3)4-5-8(10)11-9/h4-6H,1-3H3. The lowest BCUT2D eigenvalue weighted by Crippen LogP contribution is -2.02. The molecule has 0 saturated carbocycles. The van der Waals surface area contributed by atoms with Crippen molar-refractivity contribution in [1.82, 2.24) is 0 Å². The van der Waals surface area contributed by atoms with Crippen molar-refractivity contribution in [2.45, 2.75) is 26.7 Å². The van der Waals surface area contributed by atoms with Crippen molar-refractivity contribution in [1.29, 1.82) is 0 Å². The SMILES string of the molecule is Cc1ccc(=O)oc1C(C)C. The third kappa shape index (κ3) is 1.70. The van der Waals surface area contributed by atoms with Crippen molar-refractivity contribution < 1.29 is 4.42 Å². The van der Waals surface area contributed by atoms with E-state index in [1.165, 1.54) is 6.07 Å². The first-order chi connectivity index (χ1) is 5.11. The Kier molecular flexibility index (Phi) is 2.13. The van der Waals surface area contributed by atoms with E-state index in [0.717, 1.165) is 11.3 Å². The number of aryl methyl sites for hydroxylation is 1. The maximum absolute atomic E-state index is 10.8. The van der Waals surface area contributed by atoms with Crippen LogP contribution >= 0.6 is 0 Å². The van der Waals surface area contributed by atoms with Gasteiger partial charge in [0.15, 0.2) is 0 Å². The molecule has 0 spiro atoms. The lowest BCUT2D eigenvalue weighted by molar-refractivity contribution is 0.435. The second-order valence-electron chi connectivity index (χ2n) is 2.96. The topological polar surface area (TPSA) is 30.2 Å². The van der Waals surface area contributed by atoms with Crippen molar-refractivity contribution in [2.24, 2.45) is 0 Å². The summed E-state index contributed by atoms with van der Waals surface area (Å²) in [5.74, 6) is 1.07. The van der Waals surface area contributed by atoms with Gasteiger partial charge in [0.25, 0.3) is 0 Å². The van der Waals surface area contributed by atoms with Gasteiger partial charge >= 0.3 is 5.63 Å². The highest BCUT2D eigenvalue weighted by Crippen LogP contribution is 2.15. The molecule has 0 unspecified atom stereocenters. The first-order valence-electron chi connectivity index (χ1n) is 3.72. The number of rotatable bonds is 1. The summed E-state index contributed by atoms with van der Waals surface area (Å²) in [4.78, 5) is 10.8. The van der Waals surface area contributed by atoms with Gasteiger partial charge in [0.1, 0.15) is 5.76 Å². The van der Waals surface area contributed by atoms with Crippen LogP contribution in [0, 0.1) is 6.92 Å². The van der Waals surface area contributed by atoms with Crippen molar-refractivity contribution in [3.63, 3.8) is 0 Å². The number of hydrogen-bond donors (Lipinski definition) is 0. The zero-order valence-electron chi connectivity index (χ0n) is 7.05. The minimum absolute atomic E-state index is 0.265. The molecular weight excluding hydrogens is 140 g/mol. The Morgan fingerprint density at radius 1 is 1.36 bits per heavy atom. The van der Waals surface area contributed by atoms with Gasteiger partial charge in [0, 0.05) is 12.0 Å². The van der Waals surface area contributed by atoms with Crippen LogP contribution in [0.5, 0.6) is 0 Å². The van der Waals surface area contributed by atoms with E-state index >= 15 is 0 Å². The predicted molar refractivity (Wildman–Crippen MR) is 43.8 cm³/mol. The smallest absolute Gasteiger partial charge is 0.335 e. The van der Waals surface area contributed by atoms with Crippen LogP contribution in [0.25, 0.3) is 0 Å². The average Bonchev–Trinajstić information content (AvgIpc) is 1.94. The van der Waals surface area contributed by atoms with E-state index in [9.17, 15) is 4.79 Å². The zero-order valence-corrected chi connectivity index (χ0v) is 7.05. The van der Waals surface area contributed by atoms with E-state index in [1.54, 1.807) is 6.07 Å². The van der Waals surface area contributed by atoms with Crippen molar-refractivity contribution in [3.8, 4) is 0 Å². The normalized spacial score (nSPS) is 10.5. The number of hydrogen-bond acceptors (Lipinski definition) is 2. The Morgan fingerprint density at radius 2 is 2.00 bits per heavy atom. The highest BCUT2D eigenvalue weighted by Gasteiger charge is 2.05. The van der Waals surface area contributed by atoms with Gasteiger partial charge in [-0.2, -0.15) is 0 Å². The maximum atomic E-state index is 10.8. The molecule has 2 heteroatoms. The molecule has 1 aromatic heterocycles. The highest BCUT2D eigenvalue weighted by atomic mass is 16.4. The fourth-order valence-electron chi connectivity index (χ4n) is 1.07. The molecule has 0 fully saturated rings. The van der Waals surface area contributed by atoms with Crippen LogP contribution in [0.15, 0.2) is 21.3 Å². The molecule has 1 heterocycles. The van der Waals surface area contributed by atoms with Crippen LogP contribution in [-0.4, -0.2) is 0 Å². The summed E-state index contributed by atoms with van der Waals surface area (Å²) in [6.07, 6.45) is 0. The van der Waals surface area contributed by atoms with Gasteiger partial charge in [0.05, 0.1) is 0 Å². The zero-order chi connectivity index (χ0) is 8.43. The molecule has 0 bridgehead atoms. The van der Waals surface area contributed by atoms with Crippen LogP contribution in [0.1, 0.15) is 31.1 Å². The van der Waals surface area contributed by atoms with Crippen LogP contribution in [0.2, 0.25) is 0 Å². The summed E-state index contributed by atoms with van der Waals surface area (Å²) < 4.78 is 5.01. The Labute approximate surface area is 65.9 Å². The average molecular weight is 152 g/mol. The third-order valence-electron chi connectivity index (χ3n) is 1.59. The molecule has 1 rings (SSSR count). The predicted octanol–water partition coefficient (Wildman–Crippen LogP) is 2.07. The van der Waals surface area contributed by atoms with Crippen molar-refractivity contribution in [3.05, 3.63) is 33.9 Å². The van der Waals surface area contributed by atoms with Crippen LogP contribution in [-0.2, 0) is 0 Å². The van der Waals surface area contributed by atoms with E-state index in [1.807, 2.05) is 20.8 Å². The second kappa shape index (κ2) is 2.91. The van der Waals surface area contributed by atoms with Gasteiger partial charge < -0.3 is 4.42 Å². The summed E-state index contributed by atoms with van der Waals surface area (Å²) in [6.45, 7) is 5.95. The molecule has 1 aromatic rings. The largest absolute Gasteiger partial charge is 0.427 e. The molecule has 0 aromatic carbocycles. The van der Waals surface area contributed by atoms with Gasteiger partial charge in [-0.15, -0.1) is 0 Å². The Morgan fingerprint density at radius 3 is 2.45 bits per heavy atom. The first-order valence-corrected chi connectivity index (χ1v) is 3.72. The molecular formula is C9H12O2. The summed E-state index contributed by atoms with van der Waals surface area (Å²) in [5, 5.41) is 0. The van der Waals surface area contributed by atoms with E-state index < -0.39 is 0 Å². The molecule has 60 valence electrons. The first kappa shape index (κ1) is 8.05. The molecule has 0 aliphatic carbocycles. The van der Waals surface area contributed by atoms with Crippen molar-refractivity contribution in [2.75, 3.05) is 0 Å². The van der Waals surface area contributed by atoms with Gasteiger partial charge in [-0.1, -0.05) is 13.8 Å². The van der Waals surface area contributed by atoms with Crippen LogP contribution in [0.3, 0.4) is 0 Å². The maximum Gasteiger partial charge on any atom is 0.335 e. The summed E-state index contributed by atoms with van der Waals surface area (Å²) in [6, 6.07) is 3.24. The summed E-state index contributed by atoms with van der Waals surface area (Å²) in [7, 11) is 0. The third-order valence-corrected chi connectivity index (χ3v) is 1.59. The summed E-state index contributed by atoms with van der Waals surface area (Å²) >= 11 is 0. The quantitative estimate of drug-likeness (QED) is 0.616. The van der Waals surface area contributed by atoms with E-state index in [2.05, 4.69) is 0 Å². The van der Waals surface area contributed by atoms with E-state index in [0.29, 0.717) is 0 Å². The molecule has 0 amide bonds. The van der Waals surface area contributed by atoms with Crippen LogP contribution < -0.4 is 5.63 Å². The van der Waals surface area contributed by atoms with Gasteiger partial charge in [0.2, 0.25) is 0 Å². The monoisotopic (exact) mass is 152 g/mol. The molecule has 2 nitrogen and oxygen atoms in total. The molecule has 0 saturated heterocycles. The lowest BCUT2D eigenvalue weighted by atomic mass is 10.1. The van der Waals surface area contributed by atoms with Gasteiger partial charge in [-0.05, 0) is 18.6 Å². The molecule has 0 aliphatic heterocycles. The van der Waals surface area contributed by atoms with Gasteiger partial charge in [-0.25, -0.2) is 4.79 Å². The highest BCUT2D eigenvalue weighted by molar-refractivity contribution is 5.17. The molecule has 0 radical (unpaired) electrons. The minimum atomic E-state index is -0.265. The fraction of sp³-hybridized carbons (Fsp3) is 0.444. The second-order valence-corrected chi connectivity index (χ2v) is 2.96. The lowest BCUT2D eigenvalue weighted by Gasteiger charge is -2.05. The Bertz CT molecular complexity index is 297. The van der Waals surface area contributed by atoms with E-state index in [4.69, 9.17) is 4.42 Å². The van der Waals surface area contributed by atoms with Crippen molar-refractivity contribution >= 4 is 0 Å².